The van der Waals surface area contributed by atoms with E-state index >= 15 is 0 Å². The molecule has 0 saturated carbocycles. The highest BCUT2D eigenvalue weighted by atomic mass is 32.2. The van der Waals surface area contributed by atoms with Crippen LogP contribution in [0.15, 0.2) is 53.4 Å². The molecule has 2 aliphatic rings. The van der Waals surface area contributed by atoms with E-state index < -0.39 is 10.0 Å². The van der Waals surface area contributed by atoms with E-state index in [0.717, 1.165) is 39.1 Å². The number of benzene rings is 2. The second kappa shape index (κ2) is 11.1. The second-order valence-electron chi connectivity index (χ2n) is 10.2. The Morgan fingerprint density at radius 1 is 0.971 bits per heavy atom. The number of sulfonamides is 1. The minimum atomic E-state index is -3.61. The summed E-state index contributed by atoms with van der Waals surface area (Å²) in [4.78, 5) is 17.7. The molecule has 2 unspecified atom stereocenters. The van der Waals surface area contributed by atoms with Crippen LogP contribution in [0.4, 0.5) is 5.69 Å². The number of nitrogens with zero attached hydrogens (tertiary/aromatic N) is 3. The molecule has 1 amide bonds. The lowest BCUT2D eigenvalue weighted by molar-refractivity contribution is 0.0947. The van der Waals surface area contributed by atoms with Crippen molar-refractivity contribution < 1.29 is 13.2 Å². The number of rotatable bonds is 7. The summed E-state index contributed by atoms with van der Waals surface area (Å²) in [5.41, 5.74) is 2.92. The molecule has 2 aromatic carbocycles. The van der Waals surface area contributed by atoms with Gasteiger partial charge < -0.3 is 10.2 Å². The van der Waals surface area contributed by atoms with Gasteiger partial charge in [-0.3, -0.25) is 9.69 Å². The van der Waals surface area contributed by atoms with E-state index in [2.05, 4.69) is 60.2 Å². The van der Waals surface area contributed by atoms with Crippen LogP contribution in [0.5, 0.6) is 0 Å². The molecule has 0 aromatic heterocycles. The number of amides is 1. The van der Waals surface area contributed by atoms with Crippen molar-refractivity contribution in [2.75, 3.05) is 57.3 Å². The minimum Gasteiger partial charge on any atom is -0.369 e. The summed E-state index contributed by atoms with van der Waals surface area (Å²) in [5, 5.41) is 2.97. The van der Waals surface area contributed by atoms with Crippen molar-refractivity contribution in [1.29, 1.82) is 0 Å². The summed E-state index contributed by atoms with van der Waals surface area (Å²) in [5.74, 6) is 0.429. The Morgan fingerprint density at radius 2 is 1.66 bits per heavy atom. The molecule has 2 saturated heterocycles. The maximum absolute atomic E-state index is 13.2. The topological polar surface area (TPSA) is 73.0 Å². The molecule has 190 valence electrons. The smallest absolute Gasteiger partial charge is 0.251 e. The summed E-state index contributed by atoms with van der Waals surface area (Å²) < 4.78 is 28.0. The Labute approximate surface area is 210 Å². The van der Waals surface area contributed by atoms with Gasteiger partial charge in [0.25, 0.3) is 5.91 Å². The van der Waals surface area contributed by atoms with Gasteiger partial charge in [-0.05, 0) is 61.1 Å². The van der Waals surface area contributed by atoms with Gasteiger partial charge in [-0.25, -0.2) is 8.42 Å². The monoisotopic (exact) mass is 498 g/mol. The molecular formula is C27H38N4O3S. The highest BCUT2D eigenvalue weighted by Gasteiger charge is 2.32. The number of nitrogens with one attached hydrogen (secondary N) is 1. The molecule has 35 heavy (non-hydrogen) atoms. The second-order valence-corrected chi connectivity index (χ2v) is 12.2. The molecule has 4 rings (SSSR count). The molecule has 0 aliphatic carbocycles. The van der Waals surface area contributed by atoms with E-state index in [1.54, 1.807) is 22.5 Å². The Kier molecular flexibility index (Phi) is 8.14. The number of anilines is 1. The first-order chi connectivity index (χ1) is 16.7. The first kappa shape index (κ1) is 25.7. The average Bonchev–Trinajstić information content (AvgIpc) is 2.84. The van der Waals surface area contributed by atoms with Crippen molar-refractivity contribution in [2.45, 2.75) is 32.1 Å². The number of carbonyl (C=O) groups is 1. The Balaban J connectivity index is 1.28. The zero-order valence-electron chi connectivity index (χ0n) is 21.1. The lowest BCUT2D eigenvalue weighted by Crippen LogP contribution is -2.48. The van der Waals surface area contributed by atoms with Gasteiger partial charge in [0.2, 0.25) is 10.0 Å². The summed E-state index contributed by atoms with van der Waals surface area (Å²) in [7, 11) is -3.61. The fourth-order valence-electron chi connectivity index (χ4n) is 5.23. The molecule has 7 nitrogen and oxygen atoms in total. The van der Waals surface area contributed by atoms with Crippen LogP contribution in [0, 0.1) is 18.8 Å². The van der Waals surface area contributed by atoms with Gasteiger partial charge in [0, 0.05) is 63.6 Å². The molecule has 0 spiro atoms. The number of hydrogen-bond acceptors (Lipinski definition) is 5. The van der Waals surface area contributed by atoms with Crippen molar-refractivity contribution in [3.05, 3.63) is 59.7 Å². The van der Waals surface area contributed by atoms with Crippen molar-refractivity contribution >= 4 is 21.6 Å². The van der Waals surface area contributed by atoms with E-state index in [0.29, 0.717) is 37.0 Å². The maximum atomic E-state index is 13.2. The summed E-state index contributed by atoms with van der Waals surface area (Å²) in [6.45, 7) is 12.5. The lowest BCUT2D eigenvalue weighted by Gasteiger charge is -2.36. The zero-order chi connectivity index (χ0) is 25.0. The van der Waals surface area contributed by atoms with Crippen LogP contribution in [-0.2, 0) is 10.0 Å². The quantitative estimate of drug-likeness (QED) is 0.635. The molecule has 2 aliphatic heterocycles. The van der Waals surface area contributed by atoms with Crippen molar-refractivity contribution in [3.8, 4) is 0 Å². The van der Waals surface area contributed by atoms with Gasteiger partial charge in [0.05, 0.1) is 4.90 Å². The minimum absolute atomic E-state index is 0.193. The highest BCUT2D eigenvalue weighted by molar-refractivity contribution is 7.89. The number of aryl methyl sites for hydroxylation is 1. The molecule has 0 radical (unpaired) electrons. The van der Waals surface area contributed by atoms with Gasteiger partial charge in [-0.15, -0.1) is 0 Å². The average molecular weight is 499 g/mol. The SMILES string of the molecule is Cc1cccc(N2CCN(CCNC(=O)c3cccc(S(=O)(=O)N4CC(C)CC(C)C4)c3)CC2)c1. The third-order valence-electron chi connectivity index (χ3n) is 7.02. The first-order valence-corrected chi connectivity index (χ1v) is 14.1. The van der Waals surface area contributed by atoms with Gasteiger partial charge in [0.15, 0.2) is 0 Å². The fraction of sp³-hybridized carbons (Fsp3) is 0.519. The molecule has 0 bridgehead atoms. The third kappa shape index (κ3) is 6.42. The number of piperidine rings is 1. The predicted octanol–water partition coefficient (Wildman–Crippen LogP) is 3.21. The zero-order valence-corrected chi connectivity index (χ0v) is 21.9. The molecular weight excluding hydrogens is 460 g/mol. The van der Waals surface area contributed by atoms with Crippen molar-refractivity contribution in [2.24, 2.45) is 11.8 Å². The van der Waals surface area contributed by atoms with Crippen LogP contribution in [0.3, 0.4) is 0 Å². The van der Waals surface area contributed by atoms with Gasteiger partial charge in [-0.1, -0.05) is 32.0 Å². The molecule has 8 heteroatoms. The van der Waals surface area contributed by atoms with E-state index in [-0.39, 0.29) is 10.8 Å². The van der Waals surface area contributed by atoms with Crippen LogP contribution in [0.2, 0.25) is 0 Å². The summed E-state index contributed by atoms with van der Waals surface area (Å²) >= 11 is 0. The summed E-state index contributed by atoms with van der Waals surface area (Å²) in [6.07, 6.45) is 1.04. The fourth-order valence-corrected chi connectivity index (χ4v) is 6.96. The molecule has 2 aromatic rings. The number of carbonyl (C=O) groups excluding carboxylic acids is 1. The van der Waals surface area contributed by atoms with Gasteiger partial charge in [0.1, 0.15) is 0 Å². The Bertz CT molecular complexity index is 1120. The molecule has 2 atom stereocenters. The van der Waals surface area contributed by atoms with E-state index in [1.807, 2.05) is 0 Å². The number of hydrogen-bond donors (Lipinski definition) is 1. The number of piperazine rings is 1. The van der Waals surface area contributed by atoms with E-state index in [1.165, 1.54) is 17.3 Å². The summed E-state index contributed by atoms with van der Waals surface area (Å²) in [6, 6.07) is 15.0. The normalized spacial score (nSPS) is 22.2. The van der Waals surface area contributed by atoms with Crippen molar-refractivity contribution in [3.63, 3.8) is 0 Å². The van der Waals surface area contributed by atoms with Gasteiger partial charge >= 0.3 is 0 Å². The Hall–Kier alpha value is -2.42. The van der Waals surface area contributed by atoms with Crippen LogP contribution >= 0.6 is 0 Å². The molecule has 2 fully saturated rings. The van der Waals surface area contributed by atoms with Crippen LogP contribution < -0.4 is 10.2 Å². The molecule has 2 heterocycles. The van der Waals surface area contributed by atoms with Gasteiger partial charge in [-0.2, -0.15) is 4.31 Å². The standard InChI is InChI=1S/C27H38N4O3S/c1-21-6-4-8-25(17-21)30-14-12-29(13-15-30)11-10-28-27(32)24-7-5-9-26(18-24)35(33,34)31-19-22(2)16-23(3)20-31/h4-9,17-18,22-23H,10-16,19-20H2,1-3H3,(H,28,32). The van der Waals surface area contributed by atoms with Crippen LogP contribution in [0.25, 0.3) is 0 Å². The first-order valence-electron chi connectivity index (χ1n) is 12.6. The third-order valence-corrected chi connectivity index (χ3v) is 8.85. The molecule has 1 N–H and O–H groups in total. The van der Waals surface area contributed by atoms with Crippen LogP contribution in [0.1, 0.15) is 36.2 Å². The van der Waals surface area contributed by atoms with Crippen molar-refractivity contribution in [1.82, 2.24) is 14.5 Å². The maximum Gasteiger partial charge on any atom is 0.251 e. The lowest BCUT2D eigenvalue weighted by atomic mass is 9.94. The largest absolute Gasteiger partial charge is 0.369 e. The van der Waals surface area contributed by atoms with E-state index in [9.17, 15) is 13.2 Å². The van der Waals surface area contributed by atoms with E-state index in [4.69, 9.17) is 0 Å². The predicted molar refractivity (Wildman–Crippen MR) is 140 cm³/mol. The highest BCUT2D eigenvalue weighted by Crippen LogP contribution is 2.27. The Morgan fingerprint density at radius 3 is 2.34 bits per heavy atom. The van der Waals surface area contributed by atoms with Crippen LogP contribution in [-0.4, -0.2) is 75.9 Å².